The van der Waals surface area contributed by atoms with E-state index in [9.17, 15) is 10.1 Å². The number of hydrogen-bond donors (Lipinski definition) is 1. The number of nitrogens with zero attached hydrogens (tertiary/aromatic N) is 2. The number of nitrogens with one attached hydrogen (secondary N) is 1. The summed E-state index contributed by atoms with van der Waals surface area (Å²) in [6, 6.07) is 10.2. The molecular formula is C12H9N3O2S. The third kappa shape index (κ3) is 2.64. The van der Waals surface area contributed by atoms with Crippen LogP contribution in [0.15, 0.2) is 35.7 Å². The van der Waals surface area contributed by atoms with Gasteiger partial charge in [-0.15, -0.1) is 11.3 Å². The standard InChI is InChI=1S/C12H9N3O2S/c13-7-9-6-10(3-4-12(9)15(16)17)14-8-11-2-1-5-18-11/h1-6,14H,8H2. The highest BCUT2D eigenvalue weighted by Crippen LogP contribution is 2.22. The van der Waals surface area contributed by atoms with Gasteiger partial charge in [-0.25, -0.2) is 0 Å². The lowest BCUT2D eigenvalue weighted by atomic mass is 10.2. The first-order valence-corrected chi connectivity index (χ1v) is 6.03. The van der Waals surface area contributed by atoms with Crippen molar-refractivity contribution in [1.82, 2.24) is 0 Å². The van der Waals surface area contributed by atoms with Crippen LogP contribution in [0, 0.1) is 21.4 Å². The Balaban J connectivity index is 2.15. The number of nitriles is 1. The molecule has 0 bridgehead atoms. The second kappa shape index (κ2) is 5.29. The maximum atomic E-state index is 10.7. The molecule has 0 amide bonds. The number of hydrogen-bond acceptors (Lipinski definition) is 5. The number of benzene rings is 1. The summed E-state index contributed by atoms with van der Waals surface area (Å²) in [7, 11) is 0. The van der Waals surface area contributed by atoms with Gasteiger partial charge in [0.1, 0.15) is 11.6 Å². The number of anilines is 1. The zero-order valence-corrected chi connectivity index (χ0v) is 10.1. The van der Waals surface area contributed by atoms with Gasteiger partial charge in [0.2, 0.25) is 0 Å². The van der Waals surface area contributed by atoms with Crippen molar-refractivity contribution in [2.45, 2.75) is 6.54 Å². The number of nitro benzene ring substituents is 1. The van der Waals surface area contributed by atoms with Crippen LogP contribution in [-0.4, -0.2) is 4.92 Å². The molecule has 5 nitrogen and oxygen atoms in total. The van der Waals surface area contributed by atoms with Gasteiger partial charge in [0.15, 0.2) is 0 Å². The van der Waals surface area contributed by atoms with Gasteiger partial charge in [0.05, 0.1) is 4.92 Å². The average Bonchev–Trinajstić information content (AvgIpc) is 2.88. The number of rotatable bonds is 4. The molecule has 0 aliphatic carbocycles. The van der Waals surface area contributed by atoms with Crippen LogP contribution >= 0.6 is 11.3 Å². The minimum absolute atomic E-state index is 0.0659. The Morgan fingerprint density at radius 2 is 2.28 bits per heavy atom. The second-order valence-electron chi connectivity index (χ2n) is 3.53. The molecule has 0 atom stereocenters. The number of nitro groups is 1. The first-order chi connectivity index (χ1) is 8.70. The molecule has 2 rings (SSSR count). The maximum absolute atomic E-state index is 10.7. The van der Waals surface area contributed by atoms with Crippen molar-refractivity contribution in [3.05, 3.63) is 56.3 Å². The lowest BCUT2D eigenvalue weighted by molar-refractivity contribution is -0.385. The minimum atomic E-state index is -0.554. The van der Waals surface area contributed by atoms with Gasteiger partial charge in [-0.3, -0.25) is 10.1 Å². The van der Waals surface area contributed by atoms with Crippen LogP contribution in [0.1, 0.15) is 10.4 Å². The quantitative estimate of drug-likeness (QED) is 0.675. The molecule has 0 spiro atoms. The first kappa shape index (κ1) is 12.1. The van der Waals surface area contributed by atoms with E-state index in [2.05, 4.69) is 5.32 Å². The van der Waals surface area contributed by atoms with Crippen molar-refractivity contribution < 1.29 is 4.92 Å². The Hall–Kier alpha value is -2.39. The highest BCUT2D eigenvalue weighted by Gasteiger charge is 2.13. The molecule has 0 aliphatic heterocycles. The molecular weight excluding hydrogens is 250 g/mol. The summed E-state index contributed by atoms with van der Waals surface area (Å²) < 4.78 is 0. The fourth-order valence-electron chi connectivity index (χ4n) is 1.50. The Labute approximate surface area is 107 Å². The lowest BCUT2D eigenvalue weighted by Gasteiger charge is -2.05. The van der Waals surface area contributed by atoms with Gasteiger partial charge in [-0.1, -0.05) is 6.07 Å². The molecule has 0 fully saturated rings. The van der Waals surface area contributed by atoms with E-state index in [1.807, 2.05) is 23.6 Å². The predicted octanol–water partition coefficient (Wildman–Crippen LogP) is 3.14. The van der Waals surface area contributed by atoms with E-state index in [0.29, 0.717) is 12.2 Å². The van der Waals surface area contributed by atoms with Gasteiger partial charge in [0, 0.05) is 23.2 Å². The van der Waals surface area contributed by atoms with E-state index in [1.54, 1.807) is 17.4 Å². The predicted molar refractivity (Wildman–Crippen MR) is 69.5 cm³/mol. The molecule has 0 saturated heterocycles. The Bertz CT molecular complexity index is 602. The molecule has 0 radical (unpaired) electrons. The van der Waals surface area contributed by atoms with Crippen molar-refractivity contribution in [2.24, 2.45) is 0 Å². The molecule has 1 N–H and O–H groups in total. The smallest absolute Gasteiger partial charge is 0.287 e. The summed E-state index contributed by atoms with van der Waals surface area (Å²) in [6.07, 6.45) is 0. The van der Waals surface area contributed by atoms with Crippen LogP contribution < -0.4 is 5.32 Å². The van der Waals surface area contributed by atoms with Gasteiger partial charge < -0.3 is 5.32 Å². The molecule has 0 unspecified atom stereocenters. The highest BCUT2D eigenvalue weighted by atomic mass is 32.1. The fourth-order valence-corrected chi connectivity index (χ4v) is 2.14. The second-order valence-corrected chi connectivity index (χ2v) is 4.57. The van der Waals surface area contributed by atoms with Gasteiger partial charge in [0.25, 0.3) is 5.69 Å². The zero-order chi connectivity index (χ0) is 13.0. The third-order valence-corrected chi connectivity index (χ3v) is 3.24. The van der Waals surface area contributed by atoms with Crippen LogP contribution in [0.5, 0.6) is 0 Å². The van der Waals surface area contributed by atoms with Crippen LogP contribution in [0.4, 0.5) is 11.4 Å². The van der Waals surface area contributed by atoms with E-state index in [1.165, 1.54) is 12.1 Å². The molecule has 1 aromatic heterocycles. The lowest BCUT2D eigenvalue weighted by Crippen LogP contribution is -1.99. The average molecular weight is 259 g/mol. The summed E-state index contributed by atoms with van der Waals surface area (Å²) in [5, 5.41) is 24.6. The van der Waals surface area contributed by atoms with Crippen LogP contribution in [0.2, 0.25) is 0 Å². The molecule has 18 heavy (non-hydrogen) atoms. The van der Waals surface area contributed by atoms with Crippen LogP contribution in [0.3, 0.4) is 0 Å². The Kier molecular flexibility index (Phi) is 3.55. The van der Waals surface area contributed by atoms with Crippen LogP contribution in [-0.2, 0) is 6.54 Å². The summed E-state index contributed by atoms with van der Waals surface area (Å²) in [5.74, 6) is 0. The fraction of sp³-hybridized carbons (Fsp3) is 0.0833. The monoisotopic (exact) mass is 259 g/mol. The SMILES string of the molecule is N#Cc1cc(NCc2cccs2)ccc1[N+](=O)[O-]. The highest BCUT2D eigenvalue weighted by molar-refractivity contribution is 7.09. The first-order valence-electron chi connectivity index (χ1n) is 5.15. The topological polar surface area (TPSA) is 79.0 Å². The van der Waals surface area contributed by atoms with Crippen LogP contribution in [0.25, 0.3) is 0 Å². The minimum Gasteiger partial charge on any atom is -0.380 e. The van der Waals surface area contributed by atoms with Crippen molar-refractivity contribution >= 4 is 22.7 Å². The Morgan fingerprint density at radius 3 is 2.89 bits per heavy atom. The van der Waals surface area contributed by atoms with E-state index in [-0.39, 0.29) is 11.3 Å². The third-order valence-electron chi connectivity index (χ3n) is 2.36. The van der Waals surface area contributed by atoms with E-state index < -0.39 is 4.92 Å². The molecule has 1 heterocycles. The largest absolute Gasteiger partial charge is 0.380 e. The summed E-state index contributed by atoms with van der Waals surface area (Å²) in [4.78, 5) is 11.3. The van der Waals surface area contributed by atoms with Gasteiger partial charge in [-0.05, 0) is 23.6 Å². The maximum Gasteiger partial charge on any atom is 0.287 e. The molecule has 2 aromatic rings. The van der Waals surface area contributed by atoms with E-state index in [0.717, 1.165) is 4.88 Å². The number of thiophene rings is 1. The summed E-state index contributed by atoms with van der Waals surface area (Å²) in [6.45, 7) is 0.639. The molecule has 90 valence electrons. The van der Waals surface area contributed by atoms with E-state index in [4.69, 9.17) is 5.26 Å². The molecule has 0 saturated carbocycles. The van der Waals surface area contributed by atoms with Gasteiger partial charge in [-0.2, -0.15) is 5.26 Å². The van der Waals surface area contributed by atoms with Crippen molar-refractivity contribution in [3.8, 4) is 6.07 Å². The normalized spacial score (nSPS) is 9.72. The zero-order valence-electron chi connectivity index (χ0n) is 9.29. The molecule has 1 aromatic carbocycles. The molecule has 0 aliphatic rings. The van der Waals surface area contributed by atoms with Gasteiger partial charge >= 0.3 is 0 Å². The van der Waals surface area contributed by atoms with E-state index >= 15 is 0 Å². The molecule has 6 heteroatoms. The Morgan fingerprint density at radius 1 is 1.44 bits per heavy atom. The summed E-state index contributed by atoms with van der Waals surface area (Å²) >= 11 is 1.62. The van der Waals surface area contributed by atoms with Crippen molar-refractivity contribution in [1.29, 1.82) is 5.26 Å². The van der Waals surface area contributed by atoms with Crippen molar-refractivity contribution in [3.63, 3.8) is 0 Å². The summed E-state index contributed by atoms with van der Waals surface area (Å²) in [5.41, 5.74) is 0.598. The van der Waals surface area contributed by atoms with Crippen molar-refractivity contribution in [2.75, 3.05) is 5.32 Å².